The maximum Gasteiger partial charge on any atom is 0.331 e. The lowest BCUT2D eigenvalue weighted by Gasteiger charge is -2.06. The molecule has 0 aliphatic carbocycles. The number of hydrogen-bond donors (Lipinski definition) is 2. The fourth-order valence-corrected chi connectivity index (χ4v) is 2.22. The number of ether oxygens (including phenoxy) is 2. The first-order chi connectivity index (χ1) is 12.4. The third-order valence-electron chi connectivity index (χ3n) is 3.16. The minimum atomic E-state index is -0.693. The number of nitrogens with one attached hydrogen (secondary N) is 1. The predicted molar refractivity (Wildman–Crippen MR) is 99.7 cm³/mol. The Hall–Kier alpha value is -2.70. The highest BCUT2D eigenvalue weighted by Gasteiger charge is 2.07. The number of hydrogen-bond acceptors (Lipinski definition) is 5. The number of benzene rings is 2. The molecule has 0 spiro atoms. The summed E-state index contributed by atoms with van der Waals surface area (Å²) in [6.07, 6.45) is 2.64. The van der Waals surface area contributed by atoms with E-state index in [9.17, 15) is 14.7 Å². The number of phenolic OH excluding ortho intramolecular Hbond substituents is 1. The SMILES string of the molecule is COc1cc(/C=C/C(=O)OCC(=O)Nc2ccc(Cl)c(Cl)c2)ccc1O. The lowest BCUT2D eigenvalue weighted by Crippen LogP contribution is -2.20. The van der Waals surface area contributed by atoms with Gasteiger partial charge in [-0.3, -0.25) is 4.79 Å². The van der Waals surface area contributed by atoms with Crippen molar-refractivity contribution in [3.05, 3.63) is 58.1 Å². The zero-order chi connectivity index (χ0) is 19.1. The normalized spacial score (nSPS) is 10.6. The van der Waals surface area contributed by atoms with Gasteiger partial charge in [0.15, 0.2) is 18.1 Å². The summed E-state index contributed by atoms with van der Waals surface area (Å²) in [5.74, 6) is -0.939. The van der Waals surface area contributed by atoms with E-state index in [-0.39, 0.29) is 11.5 Å². The van der Waals surface area contributed by atoms with Gasteiger partial charge < -0.3 is 19.9 Å². The van der Waals surface area contributed by atoms with Gasteiger partial charge in [0.1, 0.15) is 0 Å². The van der Waals surface area contributed by atoms with Crippen LogP contribution in [0, 0.1) is 0 Å². The lowest BCUT2D eigenvalue weighted by molar-refractivity contribution is -0.142. The van der Waals surface area contributed by atoms with E-state index in [0.29, 0.717) is 21.3 Å². The van der Waals surface area contributed by atoms with Gasteiger partial charge in [0.25, 0.3) is 5.91 Å². The van der Waals surface area contributed by atoms with Gasteiger partial charge in [-0.25, -0.2) is 4.79 Å². The molecule has 6 nitrogen and oxygen atoms in total. The van der Waals surface area contributed by atoms with E-state index >= 15 is 0 Å². The molecule has 1 amide bonds. The van der Waals surface area contributed by atoms with Crippen LogP contribution in [0.1, 0.15) is 5.56 Å². The molecule has 8 heteroatoms. The summed E-state index contributed by atoms with van der Waals surface area (Å²) in [5, 5.41) is 12.7. The monoisotopic (exact) mass is 395 g/mol. The maximum absolute atomic E-state index is 11.8. The number of halogens is 2. The van der Waals surface area contributed by atoms with Gasteiger partial charge in [-0.1, -0.05) is 29.3 Å². The number of rotatable bonds is 6. The maximum atomic E-state index is 11.8. The highest BCUT2D eigenvalue weighted by Crippen LogP contribution is 2.27. The largest absolute Gasteiger partial charge is 0.504 e. The molecule has 0 saturated heterocycles. The van der Waals surface area contributed by atoms with E-state index in [0.717, 1.165) is 6.08 Å². The molecule has 2 rings (SSSR count). The minimum absolute atomic E-state index is 0.00815. The second-order valence-electron chi connectivity index (χ2n) is 5.05. The Morgan fingerprint density at radius 2 is 1.92 bits per heavy atom. The fourth-order valence-electron chi connectivity index (χ4n) is 1.92. The zero-order valence-electron chi connectivity index (χ0n) is 13.7. The molecule has 26 heavy (non-hydrogen) atoms. The molecule has 0 bridgehead atoms. The summed E-state index contributed by atoms with van der Waals surface area (Å²) in [6, 6.07) is 9.19. The van der Waals surface area contributed by atoms with Gasteiger partial charge in [-0.15, -0.1) is 0 Å². The minimum Gasteiger partial charge on any atom is -0.504 e. The molecule has 0 aliphatic heterocycles. The van der Waals surface area contributed by atoms with Crippen LogP contribution in [0.2, 0.25) is 10.0 Å². The summed E-state index contributed by atoms with van der Waals surface area (Å²) in [7, 11) is 1.42. The summed E-state index contributed by atoms with van der Waals surface area (Å²) < 4.78 is 9.83. The van der Waals surface area contributed by atoms with Crippen LogP contribution >= 0.6 is 23.2 Å². The lowest BCUT2D eigenvalue weighted by atomic mass is 10.2. The molecule has 0 saturated carbocycles. The molecule has 0 radical (unpaired) electrons. The van der Waals surface area contributed by atoms with Crippen LogP contribution in [-0.2, 0) is 14.3 Å². The van der Waals surface area contributed by atoms with Gasteiger partial charge >= 0.3 is 5.97 Å². The topological polar surface area (TPSA) is 84.9 Å². The average Bonchev–Trinajstić information content (AvgIpc) is 2.62. The average molecular weight is 396 g/mol. The van der Waals surface area contributed by atoms with Crippen LogP contribution in [0.15, 0.2) is 42.5 Å². The van der Waals surface area contributed by atoms with Crippen LogP contribution in [0.25, 0.3) is 6.08 Å². The van der Waals surface area contributed by atoms with Gasteiger partial charge in [0.05, 0.1) is 17.2 Å². The van der Waals surface area contributed by atoms with E-state index < -0.39 is 18.5 Å². The van der Waals surface area contributed by atoms with Crippen molar-refractivity contribution in [1.82, 2.24) is 0 Å². The van der Waals surface area contributed by atoms with Gasteiger partial charge in [0, 0.05) is 11.8 Å². The van der Waals surface area contributed by atoms with Crippen molar-refractivity contribution in [2.24, 2.45) is 0 Å². The quantitative estimate of drug-likeness (QED) is 0.572. The first-order valence-electron chi connectivity index (χ1n) is 7.36. The second-order valence-corrected chi connectivity index (χ2v) is 5.86. The van der Waals surface area contributed by atoms with Crippen LogP contribution in [-0.4, -0.2) is 30.7 Å². The number of carbonyl (C=O) groups is 2. The Labute approximate surface area is 159 Å². The fraction of sp³-hybridized carbons (Fsp3) is 0.111. The highest BCUT2D eigenvalue weighted by molar-refractivity contribution is 6.42. The molecule has 2 N–H and O–H groups in total. The highest BCUT2D eigenvalue weighted by atomic mass is 35.5. The molecule has 2 aromatic rings. The third-order valence-corrected chi connectivity index (χ3v) is 3.90. The molecule has 2 aromatic carbocycles. The Bertz CT molecular complexity index is 851. The smallest absolute Gasteiger partial charge is 0.331 e. The summed E-state index contributed by atoms with van der Waals surface area (Å²) in [4.78, 5) is 23.5. The van der Waals surface area contributed by atoms with E-state index in [4.69, 9.17) is 32.7 Å². The van der Waals surface area contributed by atoms with Gasteiger partial charge in [0.2, 0.25) is 0 Å². The van der Waals surface area contributed by atoms with Crippen molar-refractivity contribution in [3.63, 3.8) is 0 Å². The summed E-state index contributed by atoms with van der Waals surface area (Å²) in [5.41, 5.74) is 1.06. The molecule has 0 aromatic heterocycles. The summed E-state index contributed by atoms with van der Waals surface area (Å²) >= 11 is 11.6. The van der Waals surface area contributed by atoms with E-state index in [2.05, 4.69) is 5.32 Å². The van der Waals surface area contributed by atoms with Crippen molar-refractivity contribution >= 4 is 46.8 Å². The number of phenols is 1. The Balaban J connectivity index is 1.85. The molecule has 136 valence electrons. The number of carbonyl (C=O) groups excluding carboxylic acids is 2. The van der Waals surface area contributed by atoms with Crippen molar-refractivity contribution in [1.29, 1.82) is 0 Å². The van der Waals surface area contributed by atoms with Crippen molar-refractivity contribution in [2.45, 2.75) is 0 Å². The molecule has 0 heterocycles. The van der Waals surface area contributed by atoms with Gasteiger partial charge in [-0.2, -0.15) is 0 Å². The van der Waals surface area contributed by atoms with Crippen molar-refractivity contribution in [3.8, 4) is 11.5 Å². The zero-order valence-corrected chi connectivity index (χ0v) is 15.2. The first kappa shape index (κ1) is 19.6. The first-order valence-corrected chi connectivity index (χ1v) is 8.11. The van der Waals surface area contributed by atoms with Gasteiger partial charge in [-0.05, 0) is 42.0 Å². The number of aromatic hydroxyl groups is 1. The number of anilines is 1. The van der Waals surface area contributed by atoms with E-state index in [1.54, 1.807) is 24.3 Å². The van der Waals surface area contributed by atoms with Crippen LogP contribution < -0.4 is 10.1 Å². The molecule has 0 fully saturated rings. The summed E-state index contributed by atoms with van der Waals surface area (Å²) in [6.45, 7) is -0.456. The van der Waals surface area contributed by atoms with Crippen molar-refractivity contribution in [2.75, 3.05) is 19.0 Å². The van der Waals surface area contributed by atoms with E-state index in [1.807, 2.05) is 0 Å². The number of esters is 1. The van der Waals surface area contributed by atoms with Crippen molar-refractivity contribution < 1.29 is 24.2 Å². The number of amides is 1. The second kappa shape index (κ2) is 9.12. The van der Waals surface area contributed by atoms with Crippen LogP contribution in [0.3, 0.4) is 0 Å². The molecule has 0 unspecified atom stereocenters. The van der Waals surface area contributed by atoms with Crippen LogP contribution in [0.5, 0.6) is 11.5 Å². The van der Waals surface area contributed by atoms with Crippen LogP contribution in [0.4, 0.5) is 5.69 Å². The molecule has 0 atom stereocenters. The van der Waals surface area contributed by atoms with E-state index in [1.165, 1.54) is 25.3 Å². The predicted octanol–water partition coefficient (Wildman–Crippen LogP) is 3.90. The Kier molecular flexibility index (Phi) is 6.89. The number of methoxy groups -OCH3 is 1. The standard InChI is InChI=1S/C18H15Cl2NO5/c1-25-16-8-11(2-6-15(16)22)3-7-18(24)26-10-17(23)21-12-4-5-13(19)14(20)9-12/h2-9,22H,10H2,1H3,(H,21,23)/b7-3+. The third kappa shape index (κ3) is 5.68. The Morgan fingerprint density at radius 3 is 2.62 bits per heavy atom. The molecule has 0 aliphatic rings. The molecular formula is C18H15Cl2NO5. The molecular weight excluding hydrogens is 381 g/mol. The Morgan fingerprint density at radius 1 is 1.15 bits per heavy atom.